The zero-order valence-electron chi connectivity index (χ0n) is 11.4. The number of likely N-dealkylation sites (N-methyl/N-ethyl adjacent to an activating group) is 1. The third-order valence-corrected chi connectivity index (χ3v) is 3.63. The van der Waals surface area contributed by atoms with Crippen molar-refractivity contribution in [2.45, 2.75) is 39.3 Å². The molecule has 3 nitrogen and oxygen atoms in total. The summed E-state index contributed by atoms with van der Waals surface area (Å²) in [4.78, 5) is 12.2. The Hall–Kier alpha value is -0.870. The van der Waals surface area contributed by atoms with Crippen molar-refractivity contribution in [2.75, 3.05) is 6.54 Å². The molecule has 0 saturated heterocycles. The fraction of sp³-hybridized carbons (Fsp3) is 0.500. The summed E-state index contributed by atoms with van der Waals surface area (Å²) >= 11 is 3.50. The summed E-state index contributed by atoms with van der Waals surface area (Å²) in [5.74, 6) is 0.00704. The number of amides is 1. The number of carbonyl (C=O) groups excluding carboxylic acids is 1. The predicted octanol–water partition coefficient (Wildman–Crippen LogP) is 3.01. The van der Waals surface area contributed by atoms with E-state index in [1.54, 1.807) is 0 Å². The SMILES string of the molecule is CCNC(C)(C)C(=O)N[C@@H](C)c1ccccc1Br. The highest BCUT2D eigenvalue weighted by molar-refractivity contribution is 9.10. The molecule has 18 heavy (non-hydrogen) atoms. The molecule has 0 fully saturated rings. The standard InChI is InChI=1S/C14H21BrN2O/c1-5-16-14(3,4)13(18)17-10(2)11-8-6-7-9-12(11)15/h6-10,16H,5H2,1-4H3,(H,17,18)/t10-/m0/s1. The number of rotatable bonds is 5. The Balaban J connectivity index is 2.74. The van der Waals surface area contributed by atoms with Crippen molar-refractivity contribution in [3.8, 4) is 0 Å². The van der Waals surface area contributed by atoms with Gasteiger partial charge < -0.3 is 10.6 Å². The van der Waals surface area contributed by atoms with E-state index in [0.29, 0.717) is 0 Å². The van der Waals surface area contributed by atoms with E-state index in [1.165, 1.54) is 0 Å². The minimum Gasteiger partial charge on any atom is -0.348 e. The molecule has 1 aromatic rings. The molecule has 1 atom stereocenters. The first-order chi connectivity index (χ1) is 8.38. The van der Waals surface area contributed by atoms with Gasteiger partial charge in [0, 0.05) is 4.47 Å². The Morgan fingerprint density at radius 2 is 2.00 bits per heavy atom. The lowest BCUT2D eigenvalue weighted by Gasteiger charge is -2.27. The fourth-order valence-electron chi connectivity index (χ4n) is 1.80. The van der Waals surface area contributed by atoms with Crippen molar-refractivity contribution >= 4 is 21.8 Å². The molecule has 1 amide bonds. The van der Waals surface area contributed by atoms with Crippen LogP contribution in [0.3, 0.4) is 0 Å². The van der Waals surface area contributed by atoms with Gasteiger partial charge in [0.15, 0.2) is 0 Å². The Labute approximate surface area is 117 Å². The summed E-state index contributed by atoms with van der Waals surface area (Å²) in [7, 11) is 0. The van der Waals surface area contributed by atoms with Crippen LogP contribution in [0.15, 0.2) is 28.7 Å². The number of carbonyl (C=O) groups is 1. The van der Waals surface area contributed by atoms with Gasteiger partial charge in [-0.05, 0) is 38.9 Å². The molecule has 0 aliphatic heterocycles. The topological polar surface area (TPSA) is 41.1 Å². The van der Waals surface area contributed by atoms with E-state index in [4.69, 9.17) is 0 Å². The Morgan fingerprint density at radius 1 is 1.39 bits per heavy atom. The second kappa shape index (κ2) is 6.34. The Kier molecular flexibility index (Phi) is 5.35. The minimum absolute atomic E-state index is 0.00704. The van der Waals surface area contributed by atoms with Gasteiger partial charge in [0.05, 0.1) is 11.6 Å². The highest BCUT2D eigenvalue weighted by atomic mass is 79.9. The summed E-state index contributed by atoms with van der Waals surface area (Å²) in [6.07, 6.45) is 0. The molecule has 2 N–H and O–H groups in total. The summed E-state index contributed by atoms with van der Waals surface area (Å²) in [5.41, 5.74) is 0.530. The molecule has 0 saturated carbocycles. The molecule has 100 valence electrons. The number of hydrogen-bond acceptors (Lipinski definition) is 2. The third-order valence-electron chi connectivity index (χ3n) is 2.91. The summed E-state index contributed by atoms with van der Waals surface area (Å²) in [6.45, 7) is 8.52. The first-order valence-electron chi connectivity index (χ1n) is 6.19. The summed E-state index contributed by atoms with van der Waals surface area (Å²) in [6, 6.07) is 7.90. The van der Waals surface area contributed by atoms with Crippen LogP contribution in [0, 0.1) is 0 Å². The average molecular weight is 313 g/mol. The molecule has 0 aromatic heterocycles. The van der Waals surface area contributed by atoms with E-state index >= 15 is 0 Å². The minimum atomic E-state index is -0.551. The quantitative estimate of drug-likeness (QED) is 0.877. The van der Waals surface area contributed by atoms with Gasteiger partial charge in [-0.3, -0.25) is 4.79 Å². The molecule has 4 heteroatoms. The largest absolute Gasteiger partial charge is 0.348 e. The van der Waals surface area contributed by atoms with Gasteiger partial charge in [0.1, 0.15) is 0 Å². The van der Waals surface area contributed by atoms with E-state index < -0.39 is 5.54 Å². The first kappa shape index (κ1) is 15.2. The van der Waals surface area contributed by atoms with Crippen LogP contribution in [-0.4, -0.2) is 18.0 Å². The number of nitrogens with one attached hydrogen (secondary N) is 2. The highest BCUT2D eigenvalue weighted by Gasteiger charge is 2.27. The van der Waals surface area contributed by atoms with Crippen molar-refractivity contribution in [3.05, 3.63) is 34.3 Å². The summed E-state index contributed by atoms with van der Waals surface area (Å²) in [5, 5.41) is 6.20. The van der Waals surface area contributed by atoms with E-state index in [1.807, 2.05) is 52.0 Å². The molecule has 1 rings (SSSR count). The highest BCUT2D eigenvalue weighted by Crippen LogP contribution is 2.23. The molecular formula is C14H21BrN2O. The van der Waals surface area contributed by atoms with Crippen LogP contribution in [0.1, 0.15) is 39.3 Å². The molecule has 0 spiro atoms. The van der Waals surface area contributed by atoms with Crippen molar-refractivity contribution in [1.82, 2.24) is 10.6 Å². The monoisotopic (exact) mass is 312 g/mol. The second-order valence-corrected chi connectivity index (χ2v) is 5.73. The van der Waals surface area contributed by atoms with Gasteiger partial charge in [-0.2, -0.15) is 0 Å². The lowest BCUT2D eigenvalue weighted by Crippen LogP contribution is -2.53. The van der Waals surface area contributed by atoms with Gasteiger partial charge in [-0.25, -0.2) is 0 Å². The van der Waals surface area contributed by atoms with Crippen LogP contribution in [0.25, 0.3) is 0 Å². The third kappa shape index (κ3) is 3.82. The Bertz CT molecular complexity index is 418. The van der Waals surface area contributed by atoms with E-state index in [0.717, 1.165) is 16.6 Å². The molecule has 0 unspecified atom stereocenters. The zero-order valence-corrected chi connectivity index (χ0v) is 13.0. The number of benzene rings is 1. The maximum Gasteiger partial charge on any atom is 0.240 e. The molecular weight excluding hydrogens is 292 g/mol. The van der Waals surface area contributed by atoms with Crippen LogP contribution >= 0.6 is 15.9 Å². The predicted molar refractivity (Wildman–Crippen MR) is 78.5 cm³/mol. The van der Waals surface area contributed by atoms with E-state index in [2.05, 4.69) is 26.6 Å². The van der Waals surface area contributed by atoms with Crippen molar-refractivity contribution < 1.29 is 4.79 Å². The maximum absolute atomic E-state index is 12.2. The van der Waals surface area contributed by atoms with Gasteiger partial charge >= 0.3 is 0 Å². The van der Waals surface area contributed by atoms with Gasteiger partial charge in [-0.15, -0.1) is 0 Å². The number of halogens is 1. The van der Waals surface area contributed by atoms with Crippen LogP contribution in [0.4, 0.5) is 0 Å². The molecule has 0 aliphatic carbocycles. The van der Waals surface area contributed by atoms with Gasteiger partial charge in [0.2, 0.25) is 5.91 Å². The van der Waals surface area contributed by atoms with E-state index in [9.17, 15) is 4.79 Å². The lowest BCUT2D eigenvalue weighted by atomic mass is 10.0. The second-order valence-electron chi connectivity index (χ2n) is 4.87. The molecule has 0 radical (unpaired) electrons. The Morgan fingerprint density at radius 3 is 2.56 bits per heavy atom. The molecule has 0 heterocycles. The number of hydrogen-bond donors (Lipinski definition) is 2. The van der Waals surface area contributed by atoms with Crippen LogP contribution < -0.4 is 10.6 Å². The molecule has 0 aliphatic rings. The van der Waals surface area contributed by atoms with Crippen LogP contribution in [0.5, 0.6) is 0 Å². The maximum atomic E-state index is 12.2. The van der Waals surface area contributed by atoms with Crippen LogP contribution in [0.2, 0.25) is 0 Å². The van der Waals surface area contributed by atoms with E-state index in [-0.39, 0.29) is 11.9 Å². The normalized spacial score (nSPS) is 13.2. The van der Waals surface area contributed by atoms with Crippen molar-refractivity contribution in [1.29, 1.82) is 0 Å². The average Bonchev–Trinajstić information content (AvgIpc) is 2.29. The van der Waals surface area contributed by atoms with Gasteiger partial charge in [-0.1, -0.05) is 41.1 Å². The van der Waals surface area contributed by atoms with Crippen molar-refractivity contribution in [3.63, 3.8) is 0 Å². The van der Waals surface area contributed by atoms with Gasteiger partial charge in [0.25, 0.3) is 0 Å². The first-order valence-corrected chi connectivity index (χ1v) is 6.98. The van der Waals surface area contributed by atoms with Crippen molar-refractivity contribution in [2.24, 2.45) is 0 Å². The molecule has 0 bridgehead atoms. The van der Waals surface area contributed by atoms with Crippen LogP contribution in [-0.2, 0) is 4.79 Å². The lowest BCUT2D eigenvalue weighted by molar-refractivity contribution is -0.127. The smallest absolute Gasteiger partial charge is 0.240 e. The molecule has 1 aromatic carbocycles. The summed E-state index contributed by atoms with van der Waals surface area (Å²) < 4.78 is 1.01. The fourth-order valence-corrected chi connectivity index (χ4v) is 2.43. The zero-order chi connectivity index (χ0) is 13.8.